The van der Waals surface area contributed by atoms with Crippen LogP contribution in [0.5, 0.6) is 5.75 Å². The molecule has 1 N–H and O–H groups in total. The Hall–Kier alpha value is -1.02. The Bertz CT molecular complexity index is 439. The summed E-state index contributed by atoms with van der Waals surface area (Å²) in [6, 6.07) is 7.06. The molecule has 0 radical (unpaired) electrons. The molecule has 0 amide bonds. The van der Waals surface area contributed by atoms with Gasteiger partial charge in [0.25, 0.3) is 0 Å². The standard InChI is InChI=1S/C17H27NO/c1-6-8-15-16(18-5)13-11-12(17(3,4)7-2)9-10-14(13)19-15/h9-11,15-16,18H,6-8H2,1-5H3. The van der Waals surface area contributed by atoms with Crippen molar-refractivity contribution in [1.82, 2.24) is 5.32 Å². The summed E-state index contributed by atoms with van der Waals surface area (Å²) in [6.07, 6.45) is 3.69. The van der Waals surface area contributed by atoms with Gasteiger partial charge in [0.05, 0.1) is 6.04 Å². The Morgan fingerprint density at radius 3 is 2.58 bits per heavy atom. The fourth-order valence-electron chi connectivity index (χ4n) is 2.81. The van der Waals surface area contributed by atoms with Crippen LogP contribution >= 0.6 is 0 Å². The number of nitrogens with one attached hydrogen (secondary N) is 1. The molecule has 1 heterocycles. The van der Waals surface area contributed by atoms with E-state index in [1.807, 2.05) is 7.05 Å². The summed E-state index contributed by atoms with van der Waals surface area (Å²) in [6.45, 7) is 9.08. The van der Waals surface area contributed by atoms with Gasteiger partial charge in [-0.15, -0.1) is 0 Å². The molecular formula is C17H27NO. The van der Waals surface area contributed by atoms with Crippen LogP contribution in [0.1, 0.15) is 64.1 Å². The van der Waals surface area contributed by atoms with Crippen molar-refractivity contribution in [2.75, 3.05) is 7.05 Å². The molecular weight excluding hydrogens is 234 g/mol. The number of hydrogen-bond acceptors (Lipinski definition) is 2. The van der Waals surface area contributed by atoms with Crippen molar-refractivity contribution in [2.45, 2.75) is 64.5 Å². The molecule has 0 fully saturated rings. The lowest BCUT2D eigenvalue weighted by atomic mass is 9.81. The van der Waals surface area contributed by atoms with Gasteiger partial charge in [-0.05, 0) is 43.0 Å². The zero-order valence-electron chi connectivity index (χ0n) is 12.9. The molecule has 0 aliphatic carbocycles. The van der Waals surface area contributed by atoms with Crippen LogP contribution in [0.4, 0.5) is 0 Å². The average molecular weight is 261 g/mol. The zero-order valence-corrected chi connectivity index (χ0v) is 12.9. The van der Waals surface area contributed by atoms with Crippen LogP contribution in [0.25, 0.3) is 0 Å². The lowest BCUT2D eigenvalue weighted by Gasteiger charge is -2.24. The summed E-state index contributed by atoms with van der Waals surface area (Å²) >= 11 is 0. The topological polar surface area (TPSA) is 21.3 Å². The van der Waals surface area contributed by atoms with E-state index in [-0.39, 0.29) is 11.5 Å². The minimum Gasteiger partial charge on any atom is -0.488 e. The molecule has 2 heteroatoms. The van der Waals surface area contributed by atoms with E-state index in [2.05, 4.69) is 51.2 Å². The van der Waals surface area contributed by atoms with E-state index in [4.69, 9.17) is 4.74 Å². The highest BCUT2D eigenvalue weighted by atomic mass is 16.5. The van der Waals surface area contributed by atoms with Crippen molar-refractivity contribution >= 4 is 0 Å². The molecule has 0 saturated carbocycles. The molecule has 2 unspecified atom stereocenters. The lowest BCUT2D eigenvalue weighted by Crippen LogP contribution is -2.28. The maximum absolute atomic E-state index is 6.09. The van der Waals surface area contributed by atoms with Gasteiger partial charge in [0.2, 0.25) is 0 Å². The molecule has 2 atom stereocenters. The number of hydrogen-bond donors (Lipinski definition) is 1. The van der Waals surface area contributed by atoms with E-state index in [1.54, 1.807) is 0 Å². The molecule has 1 aromatic rings. The number of benzene rings is 1. The molecule has 106 valence electrons. The molecule has 0 saturated heterocycles. The Labute approximate surface area is 117 Å². The predicted molar refractivity (Wildman–Crippen MR) is 80.9 cm³/mol. The maximum atomic E-state index is 6.09. The van der Waals surface area contributed by atoms with Gasteiger partial charge in [0.1, 0.15) is 11.9 Å². The smallest absolute Gasteiger partial charge is 0.124 e. The summed E-state index contributed by atoms with van der Waals surface area (Å²) in [5.74, 6) is 1.06. The fourth-order valence-corrected chi connectivity index (χ4v) is 2.81. The second kappa shape index (κ2) is 5.54. The van der Waals surface area contributed by atoms with Gasteiger partial charge in [-0.2, -0.15) is 0 Å². The van der Waals surface area contributed by atoms with Gasteiger partial charge < -0.3 is 10.1 Å². The Balaban J connectivity index is 2.34. The highest BCUT2D eigenvalue weighted by molar-refractivity contribution is 5.45. The lowest BCUT2D eigenvalue weighted by molar-refractivity contribution is 0.182. The van der Waals surface area contributed by atoms with Crippen LogP contribution in [0.15, 0.2) is 18.2 Å². The molecule has 0 bridgehead atoms. The Morgan fingerprint density at radius 1 is 1.26 bits per heavy atom. The minimum atomic E-state index is 0.232. The van der Waals surface area contributed by atoms with Crippen molar-refractivity contribution in [3.63, 3.8) is 0 Å². The Morgan fingerprint density at radius 2 is 2.00 bits per heavy atom. The second-order valence-corrected chi connectivity index (χ2v) is 6.20. The monoisotopic (exact) mass is 261 g/mol. The molecule has 1 aromatic carbocycles. The summed E-state index contributed by atoms with van der Waals surface area (Å²) < 4.78 is 6.09. The normalized spacial score (nSPS) is 22.2. The number of rotatable bonds is 5. The third kappa shape index (κ3) is 2.64. The van der Waals surface area contributed by atoms with E-state index in [9.17, 15) is 0 Å². The van der Waals surface area contributed by atoms with Crippen LogP contribution in [0.2, 0.25) is 0 Å². The zero-order chi connectivity index (χ0) is 14.0. The van der Waals surface area contributed by atoms with E-state index < -0.39 is 0 Å². The summed E-state index contributed by atoms with van der Waals surface area (Å²) in [5.41, 5.74) is 2.98. The summed E-state index contributed by atoms with van der Waals surface area (Å²) in [4.78, 5) is 0. The predicted octanol–water partition coefficient (Wildman–Crippen LogP) is 4.20. The van der Waals surface area contributed by atoms with Gasteiger partial charge in [-0.1, -0.05) is 40.2 Å². The largest absolute Gasteiger partial charge is 0.488 e. The molecule has 2 nitrogen and oxygen atoms in total. The fraction of sp³-hybridized carbons (Fsp3) is 0.647. The third-order valence-corrected chi connectivity index (χ3v) is 4.54. The van der Waals surface area contributed by atoms with E-state index in [0.29, 0.717) is 6.04 Å². The molecule has 0 spiro atoms. The molecule has 1 aliphatic heterocycles. The van der Waals surface area contributed by atoms with Gasteiger partial charge in [-0.25, -0.2) is 0 Å². The van der Waals surface area contributed by atoms with Crippen LogP contribution in [0.3, 0.4) is 0 Å². The molecule has 2 rings (SSSR count). The molecule has 19 heavy (non-hydrogen) atoms. The van der Waals surface area contributed by atoms with Crippen LogP contribution in [0, 0.1) is 0 Å². The first-order chi connectivity index (χ1) is 9.03. The van der Waals surface area contributed by atoms with E-state index in [0.717, 1.165) is 25.0 Å². The SMILES string of the molecule is CCCC1Oc2ccc(C(C)(C)CC)cc2C1NC. The van der Waals surface area contributed by atoms with Gasteiger partial charge in [0, 0.05) is 5.56 Å². The number of fused-ring (bicyclic) bond motifs is 1. The van der Waals surface area contributed by atoms with Crippen LogP contribution in [-0.2, 0) is 5.41 Å². The average Bonchev–Trinajstić information content (AvgIpc) is 2.75. The summed E-state index contributed by atoms with van der Waals surface area (Å²) in [5, 5.41) is 3.43. The van der Waals surface area contributed by atoms with Crippen molar-refractivity contribution < 1.29 is 4.74 Å². The van der Waals surface area contributed by atoms with Crippen molar-refractivity contribution in [1.29, 1.82) is 0 Å². The maximum Gasteiger partial charge on any atom is 0.124 e. The molecule has 1 aliphatic rings. The number of likely N-dealkylation sites (N-methyl/N-ethyl adjacent to an activating group) is 1. The van der Waals surface area contributed by atoms with E-state index >= 15 is 0 Å². The van der Waals surface area contributed by atoms with Crippen molar-refractivity contribution in [2.24, 2.45) is 0 Å². The van der Waals surface area contributed by atoms with Gasteiger partial charge in [-0.3, -0.25) is 0 Å². The summed E-state index contributed by atoms with van der Waals surface area (Å²) in [7, 11) is 2.03. The second-order valence-electron chi connectivity index (χ2n) is 6.20. The van der Waals surface area contributed by atoms with Gasteiger partial charge >= 0.3 is 0 Å². The van der Waals surface area contributed by atoms with Crippen LogP contribution in [-0.4, -0.2) is 13.2 Å². The quantitative estimate of drug-likeness (QED) is 0.858. The first-order valence-electron chi connectivity index (χ1n) is 7.51. The number of ether oxygens (including phenoxy) is 1. The third-order valence-electron chi connectivity index (χ3n) is 4.54. The highest BCUT2D eigenvalue weighted by Crippen LogP contribution is 2.41. The Kier molecular flexibility index (Phi) is 4.19. The first-order valence-corrected chi connectivity index (χ1v) is 7.51. The van der Waals surface area contributed by atoms with Gasteiger partial charge in [0.15, 0.2) is 0 Å². The highest BCUT2D eigenvalue weighted by Gasteiger charge is 2.33. The van der Waals surface area contributed by atoms with Crippen LogP contribution < -0.4 is 10.1 Å². The minimum absolute atomic E-state index is 0.232. The van der Waals surface area contributed by atoms with Crippen molar-refractivity contribution in [3.8, 4) is 5.75 Å². The molecule has 0 aromatic heterocycles. The first kappa shape index (κ1) is 14.4. The van der Waals surface area contributed by atoms with E-state index in [1.165, 1.54) is 11.1 Å². The van der Waals surface area contributed by atoms with Crippen molar-refractivity contribution in [3.05, 3.63) is 29.3 Å².